The Kier molecular flexibility index (Phi) is 3.39. The van der Waals surface area contributed by atoms with Crippen molar-refractivity contribution < 1.29 is 4.74 Å². The number of hydrogen-bond donors (Lipinski definition) is 2. The zero-order valence-electron chi connectivity index (χ0n) is 11.9. The van der Waals surface area contributed by atoms with E-state index in [1.165, 1.54) is 12.8 Å². The first kappa shape index (κ1) is 12.8. The van der Waals surface area contributed by atoms with E-state index in [2.05, 4.69) is 17.3 Å². The summed E-state index contributed by atoms with van der Waals surface area (Å²) in [7, 11) is 1.96. The van der Waals surface area contributed by atoms with Crippen LogP contribution in [0.2, 0.25) is 0 Å². The molecule has 1 aromatic rings. The maximum Gasteiger partial charge on any atom is 0.148 e. The van der Waals surface area contributed by atoms with Gasteiger partial charge in [-0.1, -0.05) is 13.3 Å². The molecule has 2 fully saturated rings. The number of aryl methyl sites for hydroxylation is 2. The standard InChI is InChI=1S/C14H24N4O/c1-3-4-10-12(15)14(18(2)17-10)16-11-7-8-19-13(11)9-5-6-9/h9,11,13,16H,3-8,15H2,1-2H3. The maximum atomic E-state index is 6.22. The molecule has 0 aromatic carbocycles. The van der Waals surface area contributed by atoms with Gasteiger partial charge in [0.05, 0.1) is 23.5 Å². The predicted molar refractivity (Wildman–Crippen MR) is 76.1 cm³/mol. The third kappa shape index (κ3) is 2.43. The van der Waals surface area contributed by atoms with Gasteiger partial charge in [0.1, 0.15) is 5.82 Å². The van der Waals surface area contributed by atoms with Gasteiger partial charge in [-0.25, -0.2) is 0 Å². The first-order valence-corrected chi connectivity index (χ1v) is 7.40. The minimum atomic E-state index is 0.365. The van der Waals surface area contributed by atoms with Crippen LogP contribution in [-0.4, -0.2) is 28.5 Å². The molecule has 1 aliphatic heterocycles. The molecule has 19 heavy (non-hydrogen) atoms. The Morgan fingerprint density at radius 2 is 2.21 bits per heavy atom. The number of rotatable bonds is 5. The van der Waals surface area contributed by atoms with Crippen molar-refractivity contribution in [3.05, 3.63) is 5.69 Å². The normalized spacial score (nSPS) is 26.8. The van der Waals surface area contributed by atoms with Gasteiger partial charge in [-0.15, -0.1) is 0 Å². The average molecular weight is 264 g/mol. The summed E-state index contributed by atoms with van der Waals surface area (Å²) in [5.41, 5.74) is 8.04. The van der Waals surface area contributed by atoms with Gasteiger partial charge in [0.2, 0.25) is 0 Å². The van der Waals surface area contributed by atoms with E-state index in [4.69, 9.17) is 10.5 Å². The first-order chi connectivity index (χ1) is 9.20. The summed E-state index contributed by atoms with van der Waals surface area (Å²) >= 11 is 0. The lowest BCUT2D eigenvalue weighted by molar-refractivity contribution is 0.0897. The van der Waals surface area contributed by atoms with Gasteiger partial charge in [0, 0.05) is 13.7 Å². The number of anilines is 2. The number of hydrogen-bond acceptors (Lipinski definition) is 4. The van der Waals surface area contributed by atoms with Crippen LogP contribution in [0.25, 0.3) is 0 Å². The van der Waals surface area contributed by atoms with Gasteiger partial charge in [-0.2, -0.15) is 5.10 Å². The summed E-state index contributed by atoms with van der Waals surface area (Å²) in [5.74, 6) is 1.72. The smallest absolute Gasteiger partial charge is 0.148 e. The SMILES string of the molecule is CCCc1nn(C)c(NC2CCOC2C2CC2)c1N. The molecular weight excluding hydrogens is 240 g/mol. The van der Waals surface area contributed by atoms with E-state index in [1.54, 1.807) is 0 Å². The largest absolute Gasteiger partial charge is 0.394 e. The molecule has 5 heteroatoms. The molecule has 1 aliphatic carbocycles. The highest BCUT2D eigenvalue weighted by Crippen LogP contribution is 2.40. The summed E-state index contributed by atoms with van der Waals surface area (Å²) in [4.78, 5) is 0. The predicted octanol–water partition coefficient (Wildman–Crippen LogP) is 1.93. The van der Waals surface area contributed by atoms with Gasteiger partial charge in [-0.3, -0.25) is 4.68 Å². The fourth-order valence-corrected chi connectivity index (χ4v) is 3.02. The molecule has 2 atom stereocenters. The Bertz CT molecular complexity index is 453. The second-order valence-corrected chi connectivity index (χ2v) is 5.79. The molecule has 2 aliphatic rings. The molecule has 2 unspecified atom stereocenters. The molecule has 106 valence electrons. The van der Waals surface area contributed by atoms with Crippen LogP contribution in [0.15, 0.2) is 0 Å². The Balaban J connectivity index is 1.75. The van der Waals surface area contributed by atoms with Gasteiger partial charge in [0.15, 0.2) is 0 Å². The van der Waals surface area contributed by atoms with E-state index in [9.17, 15) is 0 Å². The number of nitrogens with two attached hydrogens (primary N) is 1. The number of nitrogens with one attached hydrogen (secondary N) is 1. The Hall–Kier alpha value is -1.23. The summed E-state index contributed by atoms with van der Waals surface area (Å²) in [6.45, 7) is 3.01. The van der Waals surface area contributed by atoms with Crippen LogP contribution < -0.4 is 11.1 Å². The van der Waals surface area contributed by atoms with E-state index < -0.39 is 0 Å². The average Bonchev–Trinajstić information content (AvgIpc) is 3.08. The number of ether oxygens (including phenoxy) is 1. The fourth-order valence-electron chi connectivity index (χ4n) is 3.02. The van der Waals surface area contributed by atoms with E-state index >= 15 is 0 Å². The third-order valence-corrected chi connectivity index (χ3v) is 4.19. The molecular formula is C14H24N4O. The number of nitrogens with zero attached hydrogens (tertiary/aromatic N) is 2. The van der Waals surface area contributed by atoms with Crippen molar-refractivity contribution in [1.29, 1.82) is 0 Å². The van der Waals surface area contributed by atoms with Crippen LogP contribution in [0.3, 0.4) is 0 Å². The highest BCUT2D eigenvalue weighted by Gasteiger charge is 2.41. The summed E-state index contributed by atoms with van der Waals surface area (Å²) < 4.78 is 7.74. The van der Waals surface area contributed by atoms with Crippen molar-refractivity contribution in [2.24, 2.45) is 13.0 Å². The maximum absolute atomic E-state index is 6.22. The van der Waals surface area contributed by atoms with Crippen molar-refractivity contribution in [2.45, 2.75) is 51.2 Å². The highest BCUT2D eigenvalue weighted by atomic mass is 16.5. The lowest BCUT2D eigenvalue weighted by Crippen LogP contribution is -2.32. The van der Waals surface area contributed by atoms with Crippen molar-refractivity contribution in [3.8, 4) is 0 Å². The van der Waals surface area contributed by atoms with Gasteiger partial charge in [-0.05, 0) is 31.6 Å². The van der Waals surface area contributed by atoms with Crippen LogP contribution in [0, 0.1) is 5.92 Å². The molecule has 3 N–H and O–H groups in total. The van der Waals surface area contributed by atoms with Crippen molar-refractivity contribution in [2.75, 3.05) is 17.7 Å². The van der Waals surface area contributed by atoms with E-state index in [1.807, 2.05) is 11.7 Å². The topological polar surface area (TPSA) is 65.1 Å². The zero-order chi connectivity index (χ0) is 13.4. The Morgan fingerprint density at radius 3 is 2.89 bits per heavy atom. The molecule has 2 heterocycles. The molecule has 3 rings (SSSR count). The van der Waals surface area contributed by atoms with Gasteiger partial charge < -0.3 is 15.8 Å². The molecule has 0 bridgehead atoms. The van der Waals surface area contributed by atoms with E-state index in [0.29, 0.717) is 12.1 Å². The quantitative estimate of drug-likeness (QED) is 0.853. The highest BCUT2D eigenvalue weighted by molar-refractivity contribution is 5.65. The molecule has 0 amide bonds. The second-order valence-electron chi connectivity index (χ2n) is 5.79. The van der Waals surface area contributed by atoms with Crippen LogP contribution in [-0.2, 0) is 18.2 Å². The summed E-state index contributed by atoms with van der Waals surface area (Å²) in [6.07, 6.45) is 6.06. The van der Waals surface area contributed by atoms with Crippen LogP contribution in [0.4, 0.5) is 11.5 Å². The van der Waals surface area contributed by atoms with Crippen LogP contribution in [0.1, 0.15) is 38.3 Å². The molecule has 1 saturated heterocycles. The summed E-state index contributed by atoms with van der Waals surface area (Å²) in [6, 6.07) is 0.389. The van der Waals surface area contributed by atoms with E-state index in [-0.39, 0.29) is 0 Å². The molecule has 1 saturated carbocycles. The Morgan fingerprint density at radius 1 is 1.42 bits per heavy atom. The minimum absolute atomic E-state index is 0.365. The molecule has 1 aromatic heterocycles. The Labute approximate surface area is 114 Å². The molecule has 5 nitrogen and oxygen atoms in total. The zero-order valence-corrected chi connectivity index (χ0v) is 11.9. The minimum Gasteiger partial charge on any atom is -0.394 e. The lowest BCUT2D eigenvalue weighted by Gasteiger charge is -2.20. The second kappa shape index (κ2) is 5.04. The van der Waals surface area contributed by atoms with Crippen LogP contribution >= 0.6 is 0 Å². The number of aromatic nitrogens is 2. The van der Waals surface area contributed by atoms with Crippen LogP contribution in [0.5, 0.6) is 0 Å². The molecule has 0 spiro atoms. The van der Waals surface area contributed by atoms with Gasteiger partial charge >= 0.3 is 0 Å². The number of nitrogen functional groups attached to an aromatic ring is 1. The third-order valence-electron chi connectivity index (χ3n) is 4.19. The van der Waals surface area contributed by atoms with Crippen molar-refractivity contribution in [3.63, 3.8) is 0 Å². The molecule has 0 radical (unpaired) electrons. The van der Waals surface area contributed by atoms with Crippen molar-refractivity contribution >= 4 is 11.5 Å². The first-order valence-electron chi connectivity index (χ1n) is 7.40. The summed E-state index contributed by atoms with van der Waals surface area (Å²) in [5, 5.41) is 8.09. The van der Waals surface area contributed by atoms with Gasteiger partial charge in [0.25, 0.3) is 0 Å². The lowest BCUT2D eigenvalue weighted by atomic mass is 10.1. The van der Waals surface area contributed by atoms with E-state index in [0.717, 1.165) is 49.0 Å². The fraction of sp³-hybridized carbons (Fsp3) is 0.786. The van der Waals surface area contributed by atoms with Crippen molar-refractivity contribution in [1.82, 2.24) is 9.78 Å². The monoisotopic (exact) mass is 264 g/mol.